The minimum absolute atomic E-state index is 0.908. The van der Waals surface area contributed by atoms with E-state index in [9.17, 15) is 0 Å². The van der Waals surface area contributed by atoms with E-state index >= 15 is 0 Å². The monoisotopic (exact) mass is 252 g/mol. The van der Waals surface area contributed by atoms with Gasteiger partial charge in [-0.05, 0) is 25.2 Å². The molecule has 0 fully saturated rings. The summed E-state index contributed by atoms with van der Waals surface area (Å²) >= 11 is 2.45. The van der Waals surface area contributed by atoms with Crippen molar-refractivity contribution in [2.75, 3.05) is 4.43 Å². The molecular weight excluding hydrogens is 235 g/mol. The average molecular weight is 252 g/mol. The second-order valence-electron chi connectivity index (χ2n) is 2.83. The number of alkyl halides is 1. The molecule has 0 unspecified atom stereocenters. The summed E-state index contributed by atoms with van der Waals surface area (Å²) in [5, 5.41) is 0. The zero-order valence-electron chi connectivity index (χ0n) is 6.78. The van der Waals surface area contributed by atoms with Gasteiger partial charge in [0, 0.05) is 4.43 Å². The van der Waals surface area contributed by atoms with Gasteiger partial charge in [-0.1, -0.05) is 42.0 Å². The molecule has 0 aromatic carbocycles. The van der Waals surface area contributed by atoms with Crippen LogP contribution in [0.5, 0.6) is 0 Å². The summed E-state index contributed by atoms with van der Waals surface area (Å²) in [6.07, 6.45) is 7.28. The van der Waals surface area contributed by atoms with Crippen molar-refractivity contribution < 1.29 is 0 Å². The molecule has 0 aromatic rings. The summed E-state index contributed by atoms with van der Waals surface area (Å²) in [6, 6.07) is 0. The van der Waals surface area contributed by atoms with E-state index in [1.807, 2.05) is 6.08 Å². The molecule has 0 rings (SSSR count). The smallest absolute Gasteiger partial charge is 0.00210 e. The van der Waals surface area contributed by atoms with Crippen molar-refractivity contribution in [1.82, 2.24) is 0 Å². The van der Waals surface area contributed by atoms with Gasteiger partial charge in [0.2, 0.25) is 0 Å². The van der Waals surface area contributed by atoms with Gasteiger partial charge in [-0.25, -0.2) is 0 Å². The van der Waals surface area contributed by atoms with Crippen LogP contribution in [0.2, 0.25) is 0 Å². The number of halogens is 1. The maximum atomic E-state index is 3.70. The van der Waals surface area contributed by atoms with Crippen LogP contribution in [0.1, 0.15) is 32.6 Å². The standard InChI is InChI=1S/C9H17I/c1-3-4-5-6-7-9(2)8-10/h3,9H,1,4-8H2,2H3/t9-/m1/s1. The first-order valence-corrected chi connectivity index (χ1v) is 5.50. The maximum absolute atomic E-state index is 3.70. The van der Waals surface area contributed by atoms with Crippen molar-refractivity contribution in [3.8, 4) is 0 Å². The van der Waals surface area contributed by atoms with Crippen LogP contribution < -0.4 is 0 Å². The van der Waals surface area contributed by atoms with Gasteiger partial charge in [0.05, 0.1) is 0 Å². The van der Waals surface area contributed by atoms with E-state index in [1.165, 1.54) is 30.1 Å². The van der Waals surface area contributed by atoms with Crippen molar-refractivity contribution >= 4 is 22.6 Å². The molecule has 0 aliphatic carbocycles. The number of hydrogen-bond donors (Lipinski definition) is 0. The minimum Gasteiger partial charge on any atom is -0.103 e. The number of allylic oxidation sites excluding steroid dienone is 1. The lowest BCUT2D eigenvalue weighted by Crippen LogP contribution is -1.94. The zero-order chi connectivity index (χ0) is 7.82. The summed E-state index contributed by atoms with van der Waals surface area (Å²) in [4.78, 5) is 0. The Hall–Kier alpha value is 0.470. The quantitative estimate of drug-likeness (QED) is 0.292. The van der Waals surface area contributed by atoms with E-state index in [2.05, 4.69) is 36.1 Å². The largest absolute Gasteiger partial charge is 0.103 e. The first kappa shape index (κ1) is 10.5. The fourth-order valence-electron chi connectivity index (χ4n) is 0.859. The molecule has 0 nitrogen and oxygen atoms in total. The molecule has 0 heterocycles. The normalized spacial score (nSPS) is 13.0. The molecule has 0 spiro atoms. The van der Waals surface area contributed by atoms with Crippen molar-refractivity contribution in [2.24, 2.45) is 5.92 Å². The third-order valence-corrected chi connectivity index (χ3v) is 3.12. The van der Waals surface area contributed by atoms with E-state index in [1.54, 1.807) is 0 Å². The Bertz CT molecular complexity index is 78.8. The molecular formula is C9H17I. The first-order chi connectivity index (χ1) is 4.81. The Morgan fingerprint density at radius 3 is 2.70 bits per heavy atom. The van der Waals surface area contributed by atoms with E-state index < -0.39 is 0 Å². The van der Waals surface area contributed by atoms with Crippen molar-refractivity contribution in [3.05, 3.63) is 12.7 Å². The lowest BCUT2D eigenvalue weighted by Gasteiger charge is -2.04. The lowest BCUT2D eigenvalue weighted by atomic mass is 10.1. The van der Waals surface area contributed by atoms with Gasteiger partial charge in [-0.3, -0.25) is 0 Å². The molecule has 1 heteroatoms. The van der Waals surface area contributed by atoms with E-state index in [-0.39, 0.29) is 0 Å². The highest BCUT2D eigenvalue weighted by atomic mass is 127. The molecule has 0 aliphatic heterocycles. The number of unbranched alkanes of at least 4 members (excludes halogenated alkanes) is 2. The van der Waals surface area contributed by atoms with Crippen LogP contribution in [-0.2, 0) is 0 Å². The Balaban J connectivity index is 2.95. The van der Waals surface area contributed by atoms with Crippen LogP contribution >= 0.6 is 22.6 Å². The third kappa shape index (κ3) is 6.59. The van der Waals surface area contributed by atoms with Crippen molar-refractivity contribution in [2.45, 2.75) is 32.6 Å². The minimum atomic E-state index is 0.908. The molecule has 60 valence electrons. The lowest BCUT2D eigenvalue weighted by molar-refractivity contribution is 0.553. The van der Waals surface area contributed by atoms with Crippen LogP contribution in [0.3, 0.4) is 0 Å². The third-order valence-electron chi connectivity index (χ3n) is 1.62. The van der Waals surface area contributed by atoms with Crippen LogP contribution in [0.25, 0.3) is 0 Å². The van der Waals surface area contributed by atoms with Crippen LogP contribution in [0.15, 0.2) is 12.7 Å². The van der Waals surface area contributed by atoms with Crippen LogP contribution in [0.4, 0.5) is 0 Å². The molecule has 0 saturated heterocycles. The topological polar surface area (TPSA) is 0 Å². The average Bonchev–Trinajstić information content (AvgIpc) is 1.98. The van der Waals surface area contributed by atoms with E-state index in [4.69, 9.17) is 0 Å². The Kier molecular flexibility index (Phi) is 7.93. The highest BCUT2D eigenvalue weighted by Crippen LogP contribution is 2.11. The predicted molar refractivity (Wildman–Crippen MR) is 56.7 cm³/mol. The van der Waals surface area contributed by atoms with Gasteiger partial charge >= 0.3 is 0 Å². The van der Waals surface area contributed by atoms with Crippen LogP contribution in [0, 0.1) is 5.92 Å². The molecule has 10 heavy (non-hydrogen) atoms. The Morgan fingerprint density at radius 2 is 2.20 bits per heavy atom. The molecule has 0 amide bonds. The Labute approximate surface area is 78.2 Å². The SMILES string of the molecule is C=CCCCC[C@@H](C)CI. The maximum Gasteiger partial charge on any atom is 0.00210 e. The highest BCUT2D eigenvalue weighted by molar-refractivity contribution is 14.1. The molecule has 0 aromatic heterocycles. The summed E-state index contributed by atoms with van der Waals surface area (Å²) in [5.74, 6) is 0.908. The molecule has 0 bridgehead atoms. The first-order valence-electron chi connectivity index (χ1n) is 3.98. The van der Waals surface area contributed by atoms with Crippen molar-refractivity contribution in [1.29, 1.82) is 0 Å². The molecule has 0 aliphatic rings. The van der Waals surface area contributed by atoms with Gasteiger partial charge in [0.1, 0.15) is 0 Å². The summed E-state index contributed by atoms with van der Waals surface area (Å²) < 4.78 is 1.30. The summed E-state index contributed by atoms with van der Waals surface area (Å²) in [5.41, 5.74) is 0. The molecule has 0 saturated carbocycles. The second kappa shape index (κ2) is 7.58. The fraction of sp³-hybridized carbons (Fsp3) is 0.778. The van der Waals surface area contributed by atoms with E-state index in [0.717, 1.165) is 5.92 Å². The highest BCUT2D eigenvalue weighted by Gasteiger charge is 1.97. The summed E-state index contributed by atoms with van der Waals surface area (Å²) in [6.45, 7) is 6.02. The number of rotatable bonds is 6. The van der Waals surface area contributed by atoms with E-state index in [0.29, 0.717) is 0 Å². The van der Waals surface area contributed by atoms with Gasteiger partial charge < -0.3 is 0 Å². The zero-order valence-corrected chi connectivity index (χ0v) is 8.93. The molecule has 1 atom stereocenters. The number of hydrogen-bond acceptors (Lipinski definition) is 0. The molecule has 0 radical (unpaired) electrons. The van der Waals surface area contributed by atoms with Crippen LogP contribution in [-0.4, -0.2) is 4.43 Å². The van der Waals surface area contributed by atoms with Gasteiger partial charge in [-0.15, -0.1) is 6.58 Å². The second-order valence-corrected chi connectivity index (χ2v) is 3.71. The van der Waals surface area contributed by atoms with Crippen molar-refractivity contribution in [3.63, 3.8) is 0 Å². The predicted octanol–water partition coefficient (Wildman–Crippen LogP) is 3.80. The molecule has 0 N–H and O–H groups in total. The van der Waals surface area contributed by atoms with Gasteiger partial charge in [0.25, 0.3) is 0 Å². The van der Waals surface area contributed by atoms with Gasteiger partial charge in [-0.2, -0.15) is 0 Å². The van der Waals surface area contributed by atoms with Gasteiger partial charge in [0.15, 0.2) is 0 Å². The summed E-state index contributed by atoms with van der Waals surface area (Å²) in [7, 11) is 0. The fourth-order valence-corrected chi connectivity index (χ4v) is 1.30. The Morgan fingerprint density at radius 1 is 1.50 bits per heavy atom.